The van der Waals surface area contributed by atoms with E-state index in [9.17, 15) is 4.79 Å². The van der Waals surface area contributed by atoms with Gasteiger partial charge >= 0.3 is 0 Å². The largest absolute Gasteiger partial charge is 0.297 e. The van der Waals surface area contributed by atoms with E-state index in [0.29, 0.717) is 6.42 Å². The van der Waals surface area contributed by atoms with Gasteiger partial charge in [0.1, 0.15) is 23.5 Å². The van der Waals surface area contributed by atoms with Gasteiger partial charge in [0.25, 0.3) is 0 Å². The molecule has 76 valence electrons. The van der Waals surface area contributed by atoms with Gasteiger partial charge in [-0.25, -0.2) is 9.67 Å². The Morgan fingerprint density at radius 3 is 2.71 bits per heavy atom. The van der Waals surface area contributed by atoms with Crippen LogP contribution in [0.1, 0.15) is 13.3 Å². The highest BCUT2D eigenvalue weighted by Gasteiger charge is 2.67. The Hall–Kier alpha value is -0.610. The molecule has 0 aliphatic heterocycles. The van der Waals surface area contributed by atoms with E-state index in [1.54, 1.807) is 6.92 Å². The molecule has 6 heteroatoms. The van der Waals surface area contributed by atoms with Crippen LogP contribution in [-0.4, -0.2) is 24.9 Å². The molecular weight excluding hydrogens is 225 g/mol. The van der Waals surface area contributed by atoms with Gasteiger partial charge in [0.2, 0.25) is 0 Å². The Bertz CT molecular complexity index is 363. The van der Waals surface area contributed by atoms with E-state index in [1.165, 1.54) is 17.3 Å². The van der Waals surface area contributed by atoms with Crippen LogP contribution in [0, 0.1) is 5.41 Å². The number of halogens is 2. The van der Waals surface area contributed by atoms with E-state index < -0.39 is 9.75 Å². The Kier molecular flexibility index (Phi) is 2.08. The highest BCUT2D eigenvalue weighted by Crippen LogP contribution is 2.64. The Morgan fingerprint density at radius 2 is 2.29 bits per heavy atom. The van der Waals surface area contributed by atoms with Crippen molar-refractivity contribution in [3.05, 3.63) is 12.7 Å². The summed E-state index contributed by atoms with van der Waals surface area (Å²) in [4.78, 5) is 15.5. The highest BCUT2D eigenvalue weighted by molar-refractivity contribution is 6.53. The molecule has 0 amide bonds. The van der Waals surface area contributed by atoms with Crippen LogP contribution in [0.3, 0.4) is 0 Å². The molecule has 0 spiro atoms. The van der Waals surface area contributed by atoms with E-state index in [1.807, 2.05) is 0 Å². The molecule has 0 N–H and O–H groups in total. The molecule has 1 aliphatic rings. The van der Waals surface area contributed by atoms with Crippen molar-refractivity contribution in [2.75, 3.05) is 0 Å². The van der Waals surface area contributed by atoms with Crippen molar-refractivity contribution in [1.29, 1.82) is 0 Å². The number of ketones is 1. The first-order valence-corrected chi connectivity index (χ1v) is 4.95. The zero-order valence-corrected chi connectivity index (χ0v) is 9.09. The maximum Gasteiger partial charge on any atom is 0.163 e. The topological polar surface area (TPSA) is 47.8 Å². The predicted octanol–water partition coefficient (Wildman–Crippen LogP) is 1.43. The molecule has 1 aromatic heterocycles. The van der Waals surface area contributed by atoms with Crippen LogP contribution >= 0.6 is 23.2 Å². The van der Waals surface area contributed by atoms with Gasteiger partial charge in [-0.3, -0.25) is 4.79 Å². The van der Waals surface area contributed by atoms with Crippen LogP contribution < -0.4 is 0 Å². The molecule has 0 saturated heterocycles. The normalized spacial score (nSPS) is 28.8. The summed E-state index contributed by atoms with van der Waals surface area (Å²) in [5.74, 6) is -0.00648. The lowest BCUT2D eigenvalue weighted by Gasteiger charge is -2.09. The number of rotatable bonds is 3. The summed E-state index contributed by atoms with van der Waals surface area (Å²) in [7, 11) is 0. The minimum atomic E-state index is -0.898. The molecule has 14 heavy (non-hydrogen) atoms. The Labute approximate surface area is 91.2 Å². The molecule has 0 bridgehead atoms. The van der Waals surface area contributed by atoms with Crippen LogP contribution in [0.15, 0.2) is 12.7 Å². The first-order chi connectivity index (χ1) is 6.46. The average molecular weight is 234 g/mol. The van der Waals surface area contributed by atoms with Gasteiger partial charge in [-0.1, -0.05) is 0 Å². The molecule has 1 atom stereocenters. The SMILES string of the molecule is CC1(C(=O)Cn2cncn2)CC1(Cl)Cl. The second kappa shape index (κ2) is 2.94. The molecule has 4 nitrogen and oxygen atoms in total. The van der Waals surface area contributed by atoms with E-state index in [0.717, 1.165) is 0 Å². The van der Waals surface area contributed by atoms with Crippen LogP contribution in [0.25, 0.3) is 0 Å². The lowest BCUT2D eigenvalue weighted by Crippen LogP contribution is -2.23. The van der Waals surface area contributed by atoms with Gasteiger partial charge in [-0.15, -0.1) is 23.2 Å². The van der Waals surface area contributed by atoms with E-state index in [-0.39, 0.29) is 12.3 Å². The molecule has 1 unspecified atom stereocenters. The number of hydrogen-bond acceptors (Lipinski definition) is 3. The molecule has 1 heterocycles. The van der Waals surface area contributed by atoms with Crippen LogP contribution in [0.4, 0.5) is 0 Å². The third-order valence-electron chi connectivity index (χ3n) is 2.65. The molecule has 1 saturated carbocycles. The molecule has 1 fully saturated rings. The van der Waals surface area contributed by atoms with Gasteiger partial charge in [-0.05, 0) is 13.3 Å². The number of alkyl halides is 2. The lowest BCUT2D eigenvalue weighted by atomic mass is 10.0. The molecule has 2 rings (SSSR count). The number of hydrogen-bond donors (Lipinski definition) is 0. The standard InChI is InChI=1S/C8H9Cl2N3O/c1-7(3-8(7,9)10)6(14)2-13-5-11-4-12-13/h4-5H,2-3H2,1H3. The number of carbonyl (C=O) groups excluding carboxylic acids is 1. The second-order valence-electron chi connectivity index (χ2n) is 3.73. The Balaban J connectivity index is 2.05. The summed E-state index contributed by atoms with van der Waals surface area (Å²) in [5.41, 5.74) is -0.623. The minimum Gasteiger partial charge on any atom is -0.297 e. The smallest absolute Gasteiger partial charge is 0.163 e. The average Bonchev–Trinajstić information content (AvgIpc) is 2.54. The number of aromatic nitrogens is 3. The zero-order chi connectivity index (χ0) is 10.4. The number of Topliss-reactive ketones (excluding diaryl/α,β-unsaturated/α-hetero) is 1. The Morgan fingerprint density at radius 1 is 1.64 bits per heavy atom. The lowest BCUT2D eigenvalue weighted by molar-refractivity contribution is -0.124. The quantitative estimate of drug-likeness (QED) is 0.743. The molecule has 1 aliphatic carbocycles. The van der Waals surface area contributed by atoms with Crippen LogP contribution in [-0.2, 0) is 11.3 Å². The van der Waals surface area contributed by atoms with Crippen molar-refractivity contribution < 1.29 is 4.79 Å². The van der Waals surface area contributed by atoms with E-state index in [4.69, 9.17) is 23.2 Å². The first kappa shape index (κ1) is 9.93. The van der Waals surface area contributed by atoms with Gasteiger partial charge in [-0.2, -0.15) is 5.10 Å². The summed E-state index contributed by atoms with van der Waals surface area (Å²) in [6.45, 7) is 1.95. The molecule has 0 radical (unpaired) electrons. The summed E-state index contributed by atoms with van der Waals surface area (Å²) < 4.78 is 0.570. The van der Waals surface area contributed by atoms with Crippen molar-refractivity contribution in [2.24, 2.45) is 5.41 Å². The summed E-state index contributed by atoms with van der Waals surface area (Å²) >= 11 is 11.8. The minimum absolute atomic E-state index is 0.00648. The van der Waals surface area contributed by atoms with Gasteiger partial charge < -0.3 is 0 Å². The summed E-state index contributed by atoms with van der Waals surface area (Å²) in [6, 6.07) is 0. The summed E-state index contributed by atoms with van der Waals surface area (Å²) in [6.07, 6.45) is 3.39. The maximum absolute atomic E-state index is 11.8. The van der Waals surface area contributed by atoms with Crippen molar-refractivity contribution in [2.45, 2.75) is 24.2 Å². The first-order valence-electron chi connectivity index (χ1n) is 4.19. The predicted molar refractivity (Wildman–Crippen MR) is 52.2 cm³/mol. The fourth-order valence-electron chi connectivity index (χ4n) is 1.34. The fraction of sp³-hybridized carbons (Fsp3) is 0.625. The van der Waals surface area contributed by atoms with Crippen molar-refractivity contribution >= 4 is 29.0 Å². The van der Waals surface area contributed by atoms with Gasteiger partial charge in [0.05, 0.1) is 5.41 Å². The monoisotopic (exact) mass is 233 g/mol. The molecule has 1 aromatic rings. The number of carbonyl (C=O) groups is 1. The van der Waals surface area contributed by atoms with Crippen molar-refractivity contribution in [1.82, 2.24) is 14.8 Å². The third kappa shape index (κ3) is 1.42. The zero-order valence-electron chi connectivity index (χ0n) is 7.57. The fourth-order valence-corrected chi connectivity index (χ4v) is 2.08. The van der Waals surface area contributed by atoms with Crippen LogP contribution in [0.2, 0.25) is 0 Å². The number of nitrogens with zero attached hydrogens (tertiary/aromatic N) is 3. The van der Waals surface area contributed by atoms with E-state index >= 15 is 0 Å². The highest BCUT2D eigenvalue weighted by atomic mass is 35.5. The third-order valence-corrected chi connectivity index (χ3v) is 3.75. The van der Waals surface area contributed by atoms with E-state index in [2.05, 4.69) is 10.1 Å². The van der Waals surface area contributed by atoms with Gasteiger partial charge in [0, 0.05) is 0 Å². The van der Waals surface area contributed by atoms with Crippen molar-refractivity contribution in [3.8, 4) is 0 Å². The molecular formula is C8H9Cl2N3O. The van der Waals surface area contributed by atoms with Gasteiger partial charge in [0.15, 0.2) is 5.78 Å². The molecule has 0 aromatic carbocycles. The summed E-state index contributed by atoms with van der Waals surface area (Å²) in [5, 5.41) is 3.84. The van der Waals surface area contributed by atoms with Crippen molar-refractivity contribution in [3.63, 3.8) is 0 Å². The van der Waals surface area contributed by atoms with Crippen LogP contribution in [0.5, 0.6) is 0 Å². The second-order valence-corrected chi connectivity index (χ2v) is 5.21. The maximum atomic E-state index is 11.8.